The second-order valence-corrected chi connectivity index (χ2v) is 5.38. The van der Waals surface area contributed by atoms with E-state index in [1.807, 2.05) is 12.1 Å². The summed E-state index contributed by atoms with van der Waals surface area (Å²) in [6.07, 6.45) is 2.18. The molecule has 1 atom stereocenters. The zero-order chi connectivity index (χ0) is 12.6. The number of nitrogens with zero attached hydrogens (tertiary/aromatic N) is 1. The van der Waals surface area contributed by atoms with E-state index in [1.165, 1.54) is 16.5 Å². The maximum absolute atomic E-state index is 6.04. The number of aromatic nitrogens is 1. The summed E-state index contributed by atoms with van der Waals surface area (Å²) < 4.78 is 2.13. The van der Waals surface area contributed by atoms with Gasteiger partial charge in [-0.3, -0.25) is 0 Å². The van der Waals surface area contributed by atoms with Crippen molar-refractivity contribution in [1.82, 2.24) is 4.57 Å². The molecule has 0 aliphatic rings. The Balaban J connectivity index is 2.62. The predicted octanol–water partition coefficient (Wildman–Crippen LogP) is 3.53. The molecule has 1 aromatic heterocycles. The lowest BCUT2D eigenvalue weighted by atomic mass is 9.88. The number of hydrogen-bond acceptors (Lipinski definition) is 1. The molecule has 2 N–H and O–H groups in total. The maximum Gasteiger partial charge on any atom is 0.0495 e. The molecule has 0 fully saturated rings. The molecule has 1 aromatic carbocycles. The molecule has 0 saturated heterocycles. The highest BCUT2D eigenvalue weighted by Crippen LogP contribution is 2.32. The van der Waals surface area contributed by atoms with E-state index in [0.717, 1.165) is 5.02 Å². The summed E-state index contributed by atoms with van der Waals surface area (Å²) in [5, 5.41) is 2.04. The molecule has 0 saturated carbocycles. The Morgan fingerprint density at radius 3 is 2.65 bits per heavy atom. The molecule has 2 nitrogen and oxygen atoms in total. The highest BCUT2D eigenvalue weighted by Gasteiger charge is 2.18. The van der Waals surface area contributed by atoms with E-state index >= 15 is 0 Å². The minimum atomic E-state index is 0.403. The number of rotatable bonds is 3. The Bertz CT molecular complexity index is 528. The number of nitrogens with two attached hydrogens (primary N) is 1. The van der Waals surface area contributed by atoms with Gasteiger partial charge in [0.2, 0.25) is 0 Å². The summed E-state index contributed by atoms with van der Waals surface area (Å²) in [6.45, 7) is 5.11. The monoisotopic (exact) mass is 250 g/mol. The molecule has 0 bridgehead atoms. The predicted molar refractivity (Wildman–Crippen MR) is 74.6 cm³/mol. The molecule has 1 heterocycles. The van der Waals surface area contributed by atoms with E-state index in [1.54, 1.807) is 0 Å². The van der Waals surface area contributed by atoms with E-state index in [9.17, 15) is 0 Å². The second kappa shape index (κ2) is 4.71. The van der Waals surface area contributed by atoms with Crippen molar-refractivity contribution in [3.05, 3.63) is 35.0 Å². The number of benzene rings is 1. The summed E-state index contributed by atoms with van der Waals surface area (Å²) >= 11 is 6.04. The van der Waals surface area contributed by atoms with Crippen molar-refractivity contribution in [2.24, 2.45) is 18.7 Å². The molecule has 2 aromatic rings. The lowest BCUT2D eigenvalue weighted by molar-refractivity contribution is 0.508. The summed E-state index contributed by atoms with van der Waals surface area (Å²) in [4.78, 5) is 0. The van der Waals surface area contributed by atoms with E-state index < -0.39 is 0 Å². The lowest BCUT2D eigenvalue weighted by Gasteiger charge is -2.18. The molecule has 92 valence electrons. The van der Waals surface area contributed by atoms with Gasteiger partial charge in [0.25, 0.3) is 0 Å². The average molecular weight is 251 g/mol. The normalized spacial score (nSPS) is 13.5. The Morgan fingerprint density at radius 2 is 2.06 bits per heavy atom. The van der Waals surface area contributed by atoms with Crippen molar-refractivity contribution in [2.75, 3.05) is 6.54 Å². The van der Waals surface area contributed by atoms with Crippen LogP contribution in [0.25, 0.3) is 10.9 Å². The summed E-state index contributed by atoms with van der Waals surface area (Å²) in [5.74, 6) is 0.946. The summed E-state index contributed by atoms with van der Waals surface area (Å²) in [5.41, 5.74) is 8.40. The van der Waals surface area contributed by atoms with Crippen molar-refractivity contribution < 1.29 is 0 Å². The zero-order valence-corrected chi connectivity index (χ0v) is 11.3. The number of hydrogen-bond donors (Lipinski definition) is 1. The van der Waals surface area contributed by atoms with Crippen LogP contribution in [-0.2, 0) is 7.05 Å². The Hall–Kier alpha value is -0.990. The van der Waals surface area contributed by atoms with Gasteiger partial charge in [-0.1, -0.05) is 31.5 Å². The summed E-state index contributed by atoms with van der Waals surface area (Å²) in [6, 6.07) is 6.05. The zero-order valence-electron chi connectivity index (χ0n) is 10.6. The van der Waals surface area contributed by atoms with Crippen molar-refractivity contribution in [1.29, 1.82) is 0 Å². The van der Waals surface area contributed by atoms with E-state index in [0.29, 0.717) is 18.4 Å². The van der Waals surface area contributed by atoms with Crippen LogP contribution in [-0.4, -0.2) is 11.1 Å². The first-order chi connectivity index (χ1) is 8.04. The van der Waals surface area contributed by atoms with Gasteiger partial charge in [-0.05, 0) is 30.2 Å². The topological polar surface area (TPSA) is 30.9 Å². The lowest BCUT2D eigenvalue weighted by Crippen LogP contribution is -2.17. The van der Waals surface area contributed by atoms with Crippen LogP contribution < -0.4 is 5.73 Å². The van der Waals surface area contributed by atoms with Crippen LogP contribution >= 0.6 is 11.6 Å². The van der Waals surface area contributed by atoms with Crippen LogP contribution in [0, 0.1) is 5.92 Å². The van der Waals surface area contributed by atoms with Gasteiger partial charge >= 0.3 is 0 Å². The highest BCUT2D eigenvalue weighted by atomic mass is 35.5. The van der Waals surface area contributed by atoms with Gasteiger partial charge < -0.3 is 10.3 Å². The minimum absolute atomic E-state index is 0.403. The first-order valence-corrected chi connectivity index (χ1v) is 6.37. The number of halogens is 1. The Kier molecular flexibility index (Phi) is 3.45. The average Bonchev–Trinajstić information content (AvgIpc) is 2.57. The molecule has 0 amide bonds. The van der Waals surface area contributed by atoms with Crippen LogP contribution in [0.5, 0.6) is 0 Å². The van der Waals surface area contributed by atoms with Gasteiger partial charge in [-0.2, -0.15) is 0 Å². The van der Waals surface area contributed by atoms with Crippen molar-refractivity contribution in [3.63, 3.8) is 0 Å². The fraction of sp³-hybridized carbons (Fsp3) is 0.429. The quantitative estimate of drug-likeness (QED) is 0.888. The first kappa shape index (κ1) is 12.5. The fourth-order valence-electron chi connectivity index (χ4n) is 2.44. The van der Waals surface area contributed by atoms with Gasteiger partial charge in [0.1, 0.15) is 0 Å². The second-order valence-electron chi connectivity index (χ2n) is 4.94. The largest absolute Gasteiger partial charge is 0.350 e. The summed E-state index contributed by atoms with van der Waals surface area (Å²) in [7, 11) is 2.05. The van der Waals surface area contributed by atoms with Crippen molar-refractivity contribution in [3.8, 4) is 0 Å². The number of fused-ring (bicyclic) bond motifs is 1. The van der Waals surface area contributed by atoms with Crippen LogP contribution in [0.3, 0.4) is 0 Å². The van der Waals surface area contributed by atoms with Gasteiger partial charge in [-0.25, -0.2) is 0 Å². The molecular formula is C14H19ClN2. The number of aryl methyl sites for hydroxylation is 1. The molecular weight excluding hydrogens is 232 g/mol. The molecule has 0 aliphatic carbocycles. The van der Waals surface area contributed by atoms with Gasteiger partial charge in [0.05, 0.1) is 0 Å². The Labute approximate surface area is 107 Å². The Morgan fingerprint density at radius 1 is 1.35 bits per heavy atom. The third kappa shape index (κ3) is 2.20. The van der Waals surface area contributed by atoms with Crippen LogP contribution in [0.4, 0.5) is 0 Å². The third-order valence-electron chi connectivity index (χ3n) is 3.44. The molecule has 17 heavy (non-hydrogen) atoms. The fourth-order valence-corrected chi connectivity index (χ4v) is 2.61. The highest BCUT2D eigenvalue weighted by molar-refractivity contribution is 6.31. The molecule has 1 unspecified atom stereocenters. The molecule has 0 spiro atoms. The molecule has 0 aliphatic heterocycles. The van der Waals surface area contributed by atoms with Gasteiger partial charge in [0, 0.05) is 35.1 Å². The maximum atomic E-state index is 6.04. The van der Waals surface area contributed by atoms with Crippen molar-refractivity contribution >= 4 is 22.5 Å². The van der Waals surface area contributed by atoms with Crippen LogP contribution in [0.1, 0.15) is 25.3 Å². The molecule has 3 heteroatoms. The smallest absolute Gasteiger partial charge is 0.0495 e. The third-order valence-corrected chi connectivity index (χ3v) is 3.68. The molecule has 2 rings (SSSR count). The van der Waals surface area contributed by atoms with E-state index in [2.05, 4.69) is 37.7 Å². The van der Waals surface area contributed by atoms with Gasteiger partial charge in [0.15, 0.2) is 0 Å². The van der Waals surface area contributed by atoms with Gasteiger partial charge in [-0.15, -0.1) is 0 Å². The van der Waals surface area contributed by atoms with E-state index in [-0.39, 0.29) is 0 Å². The van der Waals surface area contributed by atoms with Crippen LogP contribution in [0.2, 0.25) is 5.02 Å². The van der Waals surface area contributed by atoms with Crippen molar-refractivity contribution in [2.45, 2.75) is 19.8 Å². The van der Waals surface area contributed by atoms with E-state index in [4.69, 9.17) is 17.3 Å². The van der Waals surface area contributed by atoms with Crippen LogP contribution in [0.15, 0.2) is 24.4 Å². The SMILES string of the molecule is CC(C)C(CN)c1cn(C)c2cc(Cl)ccc12. The standard InChI is InChI=1S/C14H19ClN2/c1-9(2)12(7-16)13-8-17(3)14-6-10(15)4-5-11(13)14/h4-6,8-9,12H,7,16H2,1-3H3. The molecule has 0 radical (unpaired) electrons. The minimum Gasteiger partial charge on any atom is -0.350 e. The first-order valence-electron chi connectivity index (χ1n) is 5.99.